The van der Waals surface area contributed by atoms with Crippen molar-refractivity contribution in [3.63, 3.8) is 0 Å². The standard InChI is InChI=1S/C27H26ClN5O4/c28-24-20(4-2-5-21(24)37-22-6-1-3-16-9-10-29-25(16)22)27(33-18-7-8-19(13-35)36-14-18)23-17(12-34)11-30-26(23)31-15-32-27/h1-6,9-12,15,18-19,29-30,33,35H,7-8,13-14H2,(H,31,32)/t18-,19+,27?/m1/s1. The number of aliphatic hydroxyl groups is 1. The van der Waals surface area contributed by atoms with Crippen molar-refractivity contribution in [3.8, 4) is 11.5 Å². The van der Waals surface area contributed by atoms with E-state index in [-0.39, 0.29) is 18.8 Å². The Balaban J connectivity index is 1.45. The van der Waals surface area contributed by atoms with E-state index in [0.717, 1.165) is 23.6 Å². The summed E-state index contributed by atoms with van der Waals surface area (Å²) in [6.45, 7) is 0.366. The fourth-order valence-corrected chi connectivity index (χ4v) is 5.47. The highest BCUT2D eigenvalue weighted by Crippen LogP contribution is 2.46. The van der Waals surface area contributed by atoms with E-state index in [4.69, 9.17) is 26.1 Å². The fraction of sp³-hybridized carbons (Fsp3) is 0.259. The molecule has 2 aromatic carbocycles. The minimum absolute atomic E-state index is 0.0179. The monoisotopic (exact) mass is 519 g/mol. The molecule has 5 N–H and O–H groups in total. The maximum absolute atomic E-state index is 12.1. The van der Waals surface area contributed by atoms with Crippen LogP contribution in [0, 0.1) is 0 Å². The molecule has 6 rings (SSSR count). The van der Waals surface area contributed by atoms with E-state index < -0.39 is 5.66 Å². The van der Waals surface area contributed by atoms with Crippen LogP contribution >= 0.6 is 11.6 Å². The van der Waals surface area contributed by atoms with Crippen LogP contribution in [0.4, 0.5) is 5.82 Å². The zero-order valence-corrected chi connectivity index (χ0v) is 20.6. The van der Waals surface area contributed by atoms with Gasteiger partial charge in [0.2, 0.25) is 0 Å². The highest BCUT2D eigenvalue weighted by molar-refractivity contribution is 6.33. The number of nitrogens with zero attached hydrogens (tertiary/aromatic N) is 1. The average Bonchev–Trinajstić information content (AvgIpc) is 3.59. The summed E-state index contributed by atoms with van der Waals surface area (Å²) in [7, 11) is 0. The molecule has 10 heteroatoms. The number of hydrogen-bond acceptors (Lipinski definition) is 7. The summed E-state index contributed by atoms with van der Waals surface area (Å²) < 4.78 is 12.1. The zero-order chi connectivity index (χ0) is 25.4. The molecular formula is C27H26ClN5O4. The van der Waals surface area contributed by atoms with Crippen LogP contribution in [0.25, 0.3) is 10.9 Å². The molecule has 0 spiro atoms. The first-order valence-corrected chi connectivity index (χ1v) is 12.5. The van der Waals surface area contributed by atoms with E-state index >= 15 is 0 Å². The van der Waals surface area contributed by atoms with Crippen molar-refractivity contribution >= 4 is 40.9 Å². The molecule has 4 heterocycles. The number of carbonyl (C=O) groups is 1. The normalized spacial score (nSPS) is 23.0. The number of anilines is 1. The van der Waals surface area contributed by atoms with Crippen molar-refractivity contribution in [1.82, 2.24) is 15.3 Å². The number of aliphatic imine (C=N–C) groups is 1. The third kappa shape index (κ3) is 4.10. The van der Waals surface area contributed by atoms with Crippen molar-refractivity contribution < 1.29 is 19.4 Å². The van der Waals surface area contributed by atoms with Crippen LogP contribution in [0.3, 0.4) is 0 Å². The number of ether oxygens (including phenoxy) is 2. The third-order valence-electron chi connectivity index (χ3n) is 6.98. The topological polar surface area (TPSA) is 124 Å². The summed E-state index contributed by atoms with van der Waals surface area (Å²) in [5.74, 6) is 1.75. The van der Waals surface area contributed by atoms with Gasteiger partial charge in [-0.15, -0.1) is 0 Å². The van der Waals surface area contributed by atoms with E-state index in [1.807, 2.05) is 42.6 Å². The maximum Gasteiger partial charge on any atom is 0.170 e. The van der Waals surface area contributed by atoms with Crippen LogP contribution in [0.1, 0.15) is 34.3 Å². The van der Waals surface area contributed by atoms with Gasteiger partial charge in [0.15, 0.2) is 17.7 Å². The lowest BCUT2D eigenvalue weighted by atomic mass is 9.87. The molecule has 1 saturated heterocycles. The number of benzene rings is 2. The molecular weight excluding hydrogens is 494 g/mol. The number of aromatic nitrogens is 2. The average molecular weight is 520 g/mol. The lowest BCUT2D eigenvalue weighted by Crippen LogP contribution is -2.53. The van der Waals surface area contributed by atoms with Gasteiger partial charge in [0, 0.05) is 34.9 Å². The molecule has 0 amide bonds. The zero-order valence-electron chi connectivity index (χ0n) is 19.8. The molecule has 9 nitrogen and oxygen atoms in total. The predicted octanol–water partition coefficient (Wildman–Crippen LogP) is 4.54. The van der Waals surface area contributed by atoms with Gasteiger partial charge in [0.25, 0.3) is 0 Å². The second-order valence-electron chi connectivity index (χ2n) is 9.20. The van der Waals surface area contributed by atoms with Crippen molar-refractivity contribution in [2.45, 2.75) is 30.7 Å². The highest BCUT2D eigenvalue weighted by atomic mass is 35.5. The Kier molecular flexibility index (Phi) is 6.21. The van der Waals surface area contributed by atoms with E-state index in [0.29, 0.717) is 52.1 Å². The molecule has 1 fully saturated rings. The Labute approximate surface area is 217 Å². The van der Waals surface area contributed by atoms with Gasteiger partial charge >= 0.3 is 0 Å². The smallest absolute Gasteiger partial charge is 0.170 e. The summed E-state index contributed by atoms with van der Waals surface area (Å²) in [6, 6.07) is 13.2. The number of aliphatic hydroxyl groups excluding tert-OH is 1. The Hall–Kier alpha value is -3.63. The van der Waals surface area contributed by atoms with Crippen LogP contribution in [-0.2, 0) is 10.4 Å². The molecule has 4 aromatic rings. The molecule has 2 aromatic heterocycles. The Morgan fingerprint density at radius 3 is 2.86 bits per heavy atom. The van der Waals surface area contributed by atoms with E-state index in [1.165, 1.54) is 0 Å². The quantitative estimate of drug-likeness (QED) is 0.228. The summed E-state index contributed by atoms with van der Waals surface area (Å²) in [6.07, 6.45) is 7.17. The molecule has 0 saturated carbocycles. The molecule has 3 atom stereocenters. The van der Waals surface area contributed by atoms with Gasteiger partial charge in [-0.3, -0.25) is 10.1 Å². The van der Waals surface area contributed by atoms with Gasteiger partial charge in [-0.05, 0) is 31.0 Å². The first kappa shape index (κ1) is 23.7. The molecule has 2 aliphatic rings. The number of para-hydroxylation sites is 1. The van der Waals surface area contributed by atoms with Crippen molar-refractivity contribution in [3.05, 3.63) is 76.6 Å². The first-order valence-electron chi connectivity index (χ1n) is 12.1. The van der Waals surface area contributed by atoms with Crippen molar-refractivity contribution in [2.24, 2.45) is 4.99 Å². The number of hydrogen-bond donors (Lipinski definition) is 5. The lowest BCUT2D eigenvalue weighted by molar-refractivity contribution is -0.0356. The second-order valence-corrected chi connectivity index (χ2v) is 9.58. The summed E-state index contributed by atoms with van der Waals surface area (Å²) >= 11 is 7.07. The van der Waals surface area contributed by atoms with Crippen LogP contribution in [0.2, 0.25) is 5.02 Å². The van der Waals surface area contributed by atoms with Crippen LogP contribution in [0.5, 0.6) is 11.5 Å². The minimum atomic E-state index is -1.19. The maximum atomic E-state index is 12.1. The number of halogens is 1. The number of H-pyrrole nitrogens is 2. The number of aldehydes is 1. The van der Waals surface area contributed by atoms with E-state index in [9.17, 15) is 9.90 Å². The predicted molar refractivity (Wildman–Crippen MR) is 142 cm³/mol. The van der Waals surface area contributed by atoms with Gasteiger partial charge in [0.1, 0.15) is 11.6 Å². The molecule has 37 heavy (non-hydrogen) atoms. The summed E-state index contributed by atoms with van der Waals surface area (Å²) in [5.41, 5.74) is 1.41. The van der Waals surface area contributed by atoms with E-state index in [2.05, 4.69) is 20.6 Å². The Morgan fingerprint density at radius 2 is 2.05 bits per heavy atom. The largest absolute Gasteiger partial charge is 0.454 e. The van der Waals surface area contributed by atoms with Crippen LogP contribution in [0.15, 0.2) is 59.9 Å². The molecule has 1 unspecified atom stereocenters. The van der Waals surface area contributed by atoms with Gasteiger partial charge in [0.05, 0.1) is 41.8 Å². The highest BCUT2D eigenvalue weighted by Gasteiger charge is 2.44. The van der Waals surface area contributed by atoms with Crippen LogP contribution < -0.4 is 15.4 Å². The van der Waals surface area contributed by atoms with Crippen molar-refractivity contribution in [1.29, 1.82) is 0 Å². The number of carbonyl (C=O) groups excluding carboxylic acids is 1. The molecule has 0 radical (unpaired) electrons. The van der Waals surface area contributed by atoms with Gasteiger partial charge in [-0.1, -0.05) is 35.9 Å². The molecule has 190 valence electrons. The Morgan fingerprint density at radius 1 is 1.19 bits per heavy atom. The van der Waals surface area contributed by atoms with E-state index in [1.54, 1.807) is 18.6 Å². The van der Waals surface area contributed by atoms with Crippen LogP contribution in [-0.4, -0.2) is 53.1 Å². The number of nitrogens with one attached hydrogen (secondary N) is 4. The number of rotatable bonds is 7. The van der Waals surface area contributed by atoms with Crippen molar-refractivity contribution in [2.75, 3.05) is 18.5 Å². The van der Waals surface area contributed by atoms with Gasteiger partial charge in [-0.25, -0.2) is 4.99 Å². The first-order chi connectivity index (χ1) is 18.1. The third-order valence-corrected chi connectivity index (χ3v) is 7.37. The molecule has 2 aliphatic heterocycles. The summed E-state index contributed by atoms with van der Waals surface area (Å²) in [4.78, 5) is 23.3. The Bertz CT molecular complexity index is 1470. The molecule has 0 aliphatic carbocycles. The molecule has 0 bridgehead atoms. The second kappa shape index (κ2) is 9.68. The number of fused-ring (bicyclic) bond motifs is 2. The number of aromatic amines is 2. The minimum Gasteiger partial charge on any atom is -0.454 e. The lowest BCUT2D eigenvalue weighted by Gasteiger charge is -2.40. The summed E-state index contributed by atoms with van der Waals surface area (Å²) in [5, 5.41) is 17.6. The van der Waals surface area contributed by atoms with Gasteiger partial charge in [-0.2, -0.15) is 0 Å². The SMILES string of the molecule is O=Cc1c[nH]c2c1C(N[C@@H]1CC[C@@H](CO)OC1)(c1cccc(Oc3cccc4cc[nH]c34)c1Cl)N=CN2. The van der Waals surface area contributed by atoms with Gasteiger partial charge < -0.3 is 29.9 Å². The fourth-order valence-electron chi connectivity index (χ4n) is 5.17.